The van der Waals surface area contributed by atoms with Crippen LogP contribution in [-0.2, 0) is 6.42 Å². The summed E-state index contributed by atoms with van der Waals surface area (Å²) in [5.41, 5.74) is 5.10. The van der Waals surface area contributed by atoms with Gasteiger partial charge in [0.15, 0.2) is 0 Å². The maximum Gasteiger partial charge on any atom is 0.133 e. The number of nitrogens with zero attached hydrogens (tertiary/aromatic N) is 5. The maximum atomic E-state index is 9.57. The van der Waals surface area contributed by atoms with E-state index in [1.165, 1.54) is 0 Å². The highest BCUT2D eigenvalue weighted by Gasteiger charge is 2.09. The van der Waals surface area contributed by atoms with Gasteiger partial charge in [0.05, 0.1) is 29.0 Å². The van der Waals surface area contributed by atoms with Gasteiger partial charge in [-0.15, -0.1) is 0 Å². The van der Waals surface area contributed by atoms with Gasteiger partial charge in [-0.25, -0.2) is 15.0 Å². The lowest BCUT2D eigenvalue weighted by molar-refractivity contribution is 0.967. The van der Waals surface area contributed by atoms with Gasteiger partial charge in [-0.2, -0.15) is 5.26 Å². The molecule has 0 saturated carbocycles. The second-order valence-corrected chi connectivity index (χ2v) is 6.86. The van der Waals surface area contributed by atoms with Gasteiger partial charge in [0, 0.05) is 29.4 Å². The SMILES string of the molecule is Cc1cn(-c2ccc(Cc3nccc(-c4ccc(Cl)cc4)n3)cc2C#N)cn1. The van der Waals surface area contributed by atoms with Gasteiger partial charge in [-0.05, 0) is 42.8 Å². The molecule has 0 saturated heterocycles. The molecule has 0 aliphatic heterocycles. The van der Waals surface area contributed by atoms with Crippen LogP contribution in [0.1, 0.15) is 22.6 Å². The van der Waals surface area contributed by atoms with Crippen molar-refractivity contribution >= 4 is 11.6 Å². The van der Waals surface area contributed by atoms with Gasteiger partial charge >= 0.3 is 0 Å². The van der Waals surface area contributed by atoms with E-state index in [0.717, 1.165) is 28.2 Å². The van der Waals surface area contributed by atoms with Crippen LogP contribution in [0.15, 0.2) is 67.3 Å². The minimum Gasteiger partial charge on any atom is -0.305 e. The summed E-state index contributed by atoms with van der Waals surface area (Å²) in [6, 6.07) is 17.5. The summed E-state index contributed by atoms with van der Waals surface area (Å²) in [5, 5.41) is 10.3. The van der Waals surface area contributed by atoms with Crippen LogP contribution < -0.4 is 0 Å². The predicted octanol–water partition coefficient (Wildman–Crippen LogP) is 4.75. The molecule has 0 amide bonds. The Morgan fingerprint density at radius 1 is 1.07 bits per heavy atom. The van der Waals surface area contributed by atoms with Crippen LogP contribution in [-0.4, -0.2) is 19.5 Å². The van der Waals surface area contributed by atoms with Gasteiger partial charge in [0.25, 0.3) is 0 Å². The highest BCUT2D eigenvalue weighted by atomic mass is 35.5. The molecule has 0 aliphatic rings. The maximum absolute atomic E-state index is 9.57. The van der Waals surface area contributed by atoms with Crippen molar-refractivity contribution < 1.29 is 0 Å². The molecule has 2 aromatic carbocycles. The first-order valence-corrected chi connectivity index (χ1v) is 9.12. The van der Waals surface area contributed by atoms with Crippen molar-refractivity contribution in [2.75, 3.05) is 0 Å². The van der Waals surface area contributed by atoms with Crippen LogP contribution in [0.4, 0.5) is 0 Å². The van der Waals surface area contributed by atoms with Crippen molar-refractivity contribution in [3.8, 4) is 23.0 Å². The molecular weight excluding hydrogens is 370 g/mol. The summed E-state index contributed by atoms with van der Waals surface area (Å²) in [7, 11) is 0. The molecule has 0 fully saturated rings. The van der Waals surface area contributed by atoms with Crippen molar-refractivity contribution in [3.63, 3.8) is 0 Å². The molecule has 0 atom stereocenters. The van der Waals surface area contributed by atoms with Crippen molar-refractivity contribution in [2.24, 2.45) is 0 Å². The minimum absolute atomic E-state index is 0.541. The Morgan fingerprint density at radius 3 is 2.61 bits per heavy atom. The highest BCUT2D eigenvalue weighted by Crippen LogP contribution is 2.21. The van der Waals surface area contributed by atoms with Crippen LogP contribution in [0.5, 0.6) is 0 Å². The topological polar surface area (TPSA) is 67.4 Å². The fourth-order valence-corrected chi connectivity index (χ4v) is 3.14. The van der Waals surface area contributed by atoms with E-state index in [0.29, 0.717) is 22.8 Å². The highest BCUT2D eigenvalue weighted by molar-refractivity contribution is 6.30. The molecule has 0 radical (unpaired) electrons. The average Bonchev–Trinajstić information content (AvgIpc) is 3.15. The Hall–Kier alpha value is -3.49. The third-order valence-corrected chi connectivity index (χ3v) is 4.63. The van der Waals surface area contributed by atoms with E-state index < -0.39 is 0 Å². The number of aryl methyl sites for hydroxylation is 1. The van der Waals surface area contributed by atoms with E-state index in [2.05, 4.69) is 21.0 Å². The van der Waals surface area contributed by atoms with Crippen molar-refractivity contribution in [2.45, 2.75) is 13.3 Å². The molecule has 28 heavy (non-hydrogen) atoms. The van der Waals surface area contributed by atoms with E-state index in [4.69, 9.17) is 11.6 Å². The normalized spacial score (nSPS) is 10.6. The minimum atomic E-state index is 0.541. The summed E-state index contributed by atoms with van der Waals surface area (Å²) in [6.07, 6.45) is 5.90. The monoisotopic (exact) mass is 385 g/mol. The average molecular weight is 386 g/mol. The molecule has 2 heterocycles. The lowest BCUT2D eigenvalue weighted by Crippen LogP contribution is -2.00. The predicted molar refractivity (Wildman–Crippen MR) is 108 cm³/mol. The van der Waals surface area contributed by atoms with Gasteiger partial charge in [-0.1, -0.05) is 29.8 Å². The van der Waals surface area contributed by atoms with Crippen LogP contribution in [0.2, 0.25) is 5.02 Å². The standard InChI is InChI=1S/C22H16ClN5/c1-15-13-28(14-26-15)21-7-2-16(10-18(21)12-24)11-22-25-9-8-20(27-22)17-3-5-19(23)6-4-17/h2-10,13-14H,11H2,1H3. The fourth-order valence-electron chi connectivity index (χ4n) is 3.01. The van der Waals surface area contributed by atoms with E-state index in [1.54, 1.807) is 12.5 Å². The first-order valence-electron chi connectivity index (χ1n) is 8.74. The quantitative estimate of drug-likeness (QED) is 0.508. The lowest BCUT2D eigenvalue weighted by atomic mass is 10.1. The summed E-state index contributed by atoms with van der Waals surface area (Å²) in [4.78, 5) is 13.3. The van der Waals surface area contributed by atoms with Crippen LogP contribution in [0.3, 0.4) is 0 Å². The second-order valence-electron chi connectivity index (χ2n) is 6.43. The number of hydrogen-bond donors (Lipinski definition) is 0. The molecular formula is C22H16ClN5. The zero-order valence-electron chi connectivity index (χ0n) is 15.2. The number of benzene rings is 2. The third-order valence-electron chi connectivity index (χ3n) is 4.38. The number of nitriles is 1. The molecule has 6 heteroatoms. The van der Waals surface area contributed by atoms with E-state index in [-0.39, 0.29) is 0 Å². The Balaban J connectivity index is 1.62. The zero-order valence-corrected chi connectivity index (χ0v) is 15.9. The van der Waals surface area contributed by atoms with Gasteiger partial charge in [0.2, 0.25) is 0 Å². The summed E-state index contributed by atoms with van der Waals surface area (Å²) >= 11 is 5.96. The van der Waals surface area contributed by atoms with Crippen molar-refractivity contribution in [3.05, 3.63) is 94.9 Å². The molecule has 0 bridgehead atoms. The Bertz CT molecular complexity index is 1170. The lowest BCUT2D eigenvalue weighted by Gasteiger charge is -2.08. The van der Waals surface area contributed by atoms with Gasteiger partial charge in [-0.3, -0.25) is 0 Å². The van der Waals surface area contributed by atoms with Crippen LogP contribution >= 0.6 is 11.6 Å². The largest absolute Gasteiger partial charge is 0.305 e. The number of rotatable bonds is 4. The molecule has 0 N–H and O–H groups in total. The first-order chi connectivity index (χ1) is 13.6. The third kappa shape index (κ3) is 3.78. The molecule has 4 rings (SSSR count). The Kier molecular flexibility index (Phi) is 4.88. The smallest absolute Gasteiger partial charge is 0.133 e. The summed E-state index contributed by atoms with van der Waals surface area (Å²) in [5.74, 6) is 0.697. The zero-order chi connectivity index (χ0) is 19.5. The number of imidazole rings is 1. The molecule has 2 aromatic heterocycles. The van der Waals surface area contributed by atoms with Crippen molar-refractivity contribution in [1.82, 2.24) is 19.5 Å². The van der Waals surface area contributed by atoms with Crippen LogP contribution in [0.25, 0.3) is 16.9 Å². The Labute approximate surface area is 167 Å². The number of aromatic nitrogens is 4. The summed E-state index contributed by atoms with van der Waals surface area (Å²) in [6.45, 7) is 1.92. The summed E-state index contributed by atoms with van der Waals surface area (Å²) < 4.78 is 1.86. The van der Waals surface area contributed by atoms with Crippen LogP contribution in [0, 0.1) is 18.3 Å². The molecule has 0 aliphatic carbocycles. The van der Waals surface area contributed by atoms with Gasteiger partial charge in [0.1, 0.15) is 11.9 Å². The fraction of sp³-hybridized carbons (Fsp3) is 0.0909. The molecule has 136 valence electrons. The second kappa shape index (κ2) is 7.63. The Morgan fingerprint density at radius 2 is 1.89 bits per heavy atom. The first kappa shape index (κ1) is 17.9. The van der Waals surface area contributed by atoms with E-state index in [1.807, 2.05) is 66.2 Å². The molecule has 5 nitrogen and oxygen atoms in total. The molecule has 0 unspecified atom stereocenters. The molecule has 4 aromatic rings. The van der Waals surface area contributed by atoms with Crippen molar-refractivity contribution in [1.29, 1.82) is 5.26 Å². The number of halogens is 1. The number of hydrogen-bond acceptors (Lipinski definition) is 4. The van der Waals surface area contributed by atoms with E-state index >= 15 is 0 Å². The van der Waals surface area contributed by atoms with E-state index in [9.17, 15) is 5.26 Å². The van der Waals surface area contributed by atoms with Gasteiger partial charge < -0.3 is 4.57 Å². The molecule has 0 spiro atoms.